The molecule has 0 saturated heterocycles. The third-order valence-electron chi connectivity index (χ3n) is 3.46. The Kier molecular flexibility index (Phi) is 6.22. The van der Waals surface area contributed by atoms with Gasteiger partial charge in [-0.2, -0.15) is 13.2 Å². The average Bonchev–Trinajstić information content (AvgIpc) is 2.63. The first-order chi connectivity index (χ1) is 12.7. The first-order valence-electron chi connectivity index (χ1n) is 7.59. The van der Waals surface area contributed by atoms with Crippen LogP contribution in [0.1, 0.15) is 11.1 Å². The highest BCUT2D eigenvalue weighted by Crippen LogP contribution is 2.38. The number of nitrogens with zero attached hydrogens (tertiary/aromatic N) is 1. The topological polar surface area (TPSA) is 90.7 Å². The van der Waals surface area contributed by atoms with Crippen molar-refractivity contribution in [2.45, 2.75) is 12.7 Å². The second kappa shape index (κ2) is 8.39. The van der Waals surface area contributed by atoms with Gasteiger partial charge in [-0.05, 0) is 23.8 Å². The molecule has 0 heterocycles. The van der Waals surface area contributed by atoms with E-state index in [-0.39, 0.29) is 6.54 Å². The fourth-order valence-corrected chi connectivity index (χ4v) is 2.16. The third-order valence-corrected chi connectivity index (χ3v) is 3.46. The maximum Gasteiger partial charge on any atom is 0.420 e. The Balaban J connectivity index is 2.00. The zero-order valence-corrected chi connectivity index (χ0v) is 14.1. The largest absolute Gasteiger partial charge is 0.497 e. The number of nitro benzene ring substituents is 1. The lowest BCUT2D eigenvalue weighted by Crippen LogP contribution is -2.28. The van der Waals surface area contributed by atoms with E-state index < -0.39 is 40.6 Å². The molecule has 0 fully saturated rings. The first kappa shape index (κ1) is 20.0. The van der Waals surface area contributed by atoms with Crippen molar-refractivity contribution in [2.24, 2.45) is 0 Å². The molecule has 10 heteroatoms. The number of halogens is 3. The predicted octanol–water partition coefficient (Wildman–Crippen LogP) is 3.32. The minimum Gasteiger partial charge on any atom is -0.497 e. The normalized spacial score (nSPS) is 11.0. The summed E-state index contributed by atoms with van der Waals surface area (Å²) >= 11 is 0. The number of rotatable bonds is 7. The SMILES string of the molecule is COc1cccc(CNC(=O)COc2ccc([N+](=O)[O-])cc2C(F)(F)F)c1. The summed E-state index contributed by atoms with van der Waals surface area (Å²) in [7, 11) is 1.49. The molecule has 2 rings (SSSR count). The molecule has 2 aromatic rings. The Labute approximate surface area is 151 Å². The molecule has 0 atom stereocenters. The highest BCUT2D eigenvalue weighted by molar-refractivity contribution is 5.77. The summed E-state index contributed by atoms with van der Waals surface area (Å²) in [4.78, 5) is 21.5. The van der Waals surface area contributed by atoms with Crippen molar-refractivity contribution in [1.82, 2.24) is 5.32 Å². The van der Waals surface area contributed by atoms with E-state index in [1.54, 1.807) is 24.3 Å². The van der Waals surface area contributed by atoms with Crippen LogP contribution < -0.4 is 14.8 Å². The number of carbonyl (C=O) groups excluding carboxylic acids is 1. The van der Waals surface area contributed by atoms with Crippen LogP contribution in [0.2, 0.25) is 0 Å². The highest BCUT2D eigenvalue weighted by Gasteiger charge is 2.36. The number of non-ortho nitro benzene ring substituents is 1. The van der Waals surface area contributed by atoms with Crippen LogP contribution in [0, 0.1) is 10.1 Å². The van der Waals surface area contributed by atoms with Gasteiger partial charge >= 0.3 is 6.18 Å². The van der Waals surface area contributed by atoms with Crippen LogP contribution in [0.5, 0.6) is 11.5 Å². The summed E-state index contributed by atoms with van der Waals surface area (Å²) in [6.07, 6.45) is -4.86. The van der Waals surface area contributed by atoms with Crippen molar-refractivity contribution >= 4 is 11.6 Å². The number of amides is 1. The van der Waals surface area contributed by atoms with E-state index in [9.17, 15) is 28.1 Å². The van der Waals surface area contributed by atoms with Crippen LogP contribution in [0.4, 0.5) is 18.9 Å². The van der Waals surface area contributed by atoms with Gasteiger partial charge in [-0.3, -0.25) is 14.9 Å². The zero-order chi connectivity index (χ0) is 20.0. The van der Waals surface area contributed by atoms with Crippen molar-refractivity contribution in [1.29, 1.82) is 0 Å². The Morgan fingerprint density at radius 1 is 1.22 bits per heavy atom. The lowest BCUT2D eigenvalue weighted by atomic mass is 10.1. The highest BCUT2D eigenvalue weighted by atomic mass is 19.4. The van der Waals surface area contributed by atoms with E-state index in [0.717, 1.165) is 17.7 Å². The van der Waals surface area contributed by atoms with Crippen LogP contribution in [0.25, 0.3) is 0 Å². The molecule has 2 aromatic carbocycles. The molecular weight excluding hydrogens is 369 g/mol. The van der Waals surface area contributed by atoms with Crippen molar-refractivity contribution in [3.05, 3.63) is 63.7 Å². The lowest BCUT2D eigenvalue weighted by molar-refractivity contribution is -0.385. The Morgan fingerprint density at radius 2 is 1.96 bits per heavy atom. The Hall–Kier alpha value is -3.30. The monoisotopic (exact) mass is 384 g/mol. The van der Waals surface area contributed by atoms with E-state index in [1.807, 2.05) is 0 Å². The molecule has 0 aliphatic carbocycles. The maximum atomic E-state index is 13.0. The van der Waals surface area contributed by atoms with Gasteiger partial charge in [0.05, 0.1) is 12.0 Å². The second-order valence-electron chi connectivity index (χ2n) is 5.35. The Bertz CT molecular complexity index is 840. The summed E-state index contributed by atoms with van der Waals surface area (Å²) in [6, 6.07) is 8.93. The summed E-state index contributed by atoms with van der Waals surface area (Å²) in [5.74, 6) is -0.715. The van der Waals surface area contributed by atoms with E-state index >= 15 is 0 Å². The number of nitro groups is 1. The molecule has 0 bridgehead atoms. The lowest BCUT2D eigenvalue weighted by Gasteiger charge is -2.14. The van der Waals surface area contributed by atoms with Crippen LogP contribution in [0.15, 0.2) is 42.5 Å². The van der Waals surface area contributed by atoms with Gasteiger partial charge in [0, 0.05) is 18.7 Å². The van der Waals surface area contributed by atoms with Gasteiger partial charge in [-0.15, -0.1) is 0 Å². The second-order valence-corrected chi connectivity index (χ2v) is 5.35. The van der Waals surface area contributed by atoms with Gasteiger partial charge in [0.25, 0.3) is 11.6 Å². The number of hydrogen-bond donors (Lipinski definition) is 1. The number of ether oxygens (including phenoxy) is 2. The maximum absolute atomic E-state index is 13.0. The molecule has 0 unspecified atom stereocenters. The number of benzene rings is 2. The van der Waals surface area contributed by atoms with Crippen molar-refractivity contribution in [2.75, 3.05) is 13.7 Å². The fourth-order valence-electron chi connectivity index (χ4n) is 2.16. The van der Waals surface area contributed by atoms with Crippen molar-refractivity contribution < 1.29 is 32.4 Å². The minimum absolute atomic E-state index is 0.131. The average molecular weight is 384 g/mol. The molecule has 7 nitrogen and oxygen atoms in total. The standard InChI is InChI=1S/C17H15F3N2O5/c1-26-13-4-2-3-11(7-13)9-21-16(23)10-27-15-6-5-12(22(24)25)8-14(15)17(18,19)20/h2-8H,9-10H2,1H3,(H,21,23). The van der Waals surface area contributed by atoms with Crippen LogP contribution >= 0.6 is 0 Å². The summed E-state index contributed by atoms with van der Waals surface area (Å²) in [6.45, 7) is -0.545. The van der Waals surface area contributed by atoms with E-state index in [1.165, 1.54) is 7.11 Å². The number of methoxy groups -OCH3 is 1. The molecule has 0 spiro atoms. The van der Waals surface area contributed by atoms with Gasteiger partial charge in [-0.25, -0.2) is 0 Å². The Morgan fingerprint density at radius 3 is 2.59 bits per heavy atom. The van der Waals surface area contributed by atoms with Crippen molar-refractivity contribution in [3.8, 4) is 11.5 Å². The van der Waals surface area contributed by atoms with E-state index in [4.69, 9.17) is 9.47 Å². The molecule has 0 aliphatic heterocycles. The predicted molar refractivity (Wildman–Crippen MR) is 88.4 cm³/mol. The van der Waals surface area contributed by atoms with E-state index in [0.29, 0.717) is 11.8 Å². The molecule has 0 radical (unpaired) electrons. The number of nitrogens with one attached hydrogen (secondary N) is 1. The quantitative estimate of drug-likeness (QED) is 0.584. The molecule has 0 aromatic heterocycles. The van der Waals surface area contributed by atoms with Gasteiger partial charge < -0.3 is 14.8 Å². The number of carbonyl (C=O) groups is 1. The minimum atomic E-state index is -4.86. The number of alkyl halides is 3. The van der Waals surface area contributed by atoms with Gasteiger partial charge in [0.1, 0.15) is 17.1 Å². The van der Waals surface area contributed by atoms with E-state index in [2.05, 4.69) is 5.32 Å². The van der Waals surface area contributed by atoms with Gasteiger partial charge in [0.15, 0.2) is 6.61 Å². The molecule has 0 aliphatic rings. The van der Waals surface area contributed by atoms with Crippen LogP contribution in [-0.2, 0) is 17.5 Å². The smallest absolute Gasteiger partial charge is 0.420 e. The summed E-state index contributed by atoms with van der Waals surface area (Å²) in [5, 5.41) is 13.1. The molecule has 1 N–H and O–H groups in total. The van der Waals surface area contributed by atoms with Gasteiger partial charge in [0.2, 0.25) is 0 Å². The molecule has 27 heavy (non-hydrogen) atoms. The molecule has 1 amide bonds. The third kappa shape index (κ3) is 5.59. The molecular formula is C17H15F3N2O5. The zero-order valence-electron chi connectivity index (χ0n) is 14.1. The first-order valence-corrected chi connectivity index (χ1v) is 7.59. The molecule has 0 saturated carbocycles. The van der Waals surface area contributed by atoms with Crippen LogP contribution in [-0.4, -0.2) is 24.5 Å². The van der Waals surface area contributed by atoms with Crippen LogP contribution in [0.3, 0.4) is 0 Å². The summed E-state index contributed by atoms with van der Waals surface area (Å²) in [5.41, 5.74) is -1.32. The van der Waals surface area contributed by atoms with Crippen molar-refractivity contribution in [3.63, 3.8) is 0 Å². The number of hydrogen-bond acceptors (Lipinski definition) is 5. The summed E-state index contributed by atoms with van der Waals surface area (Å²) < 4.78 is 49.1. The van der Waals surface area contributed by atoms with Gasteiger partial charge in [-0.1, -0.05) is 12.1 Å². The fraction of sp³-hybridized carbons (Fsp3) is 0.235. The molecule has 144 valence electrons.